The molecule has 1 heterocycles. The number of rotatable bonds is 12. The van der Waals surface area contributed by atoms with E-state index >= 15 is 0 Å². The summed E-state index contributed by atoms with van der Waals surface area (Å²) in [7, 11) is 1.43. The molecule has 1 saturated heterocycles. The van der Waals surface area contributed by atoms with Crippen LogP contribution in [0.4, 0.5) is 25.0 Å². The van der Waals surface area contributed by atoms with Gasteiger partial charge >= 0.3 is 6.03 Å². The summed E-state index contributed by atoms with van der Waals surface area (Å²) in [5.41, 5.74) is -0.662. The first-order valence-corrected chi connectivity index (χ1v) is 13.2. The lowest BCUT2D eigenvalue weighted by atomic mass is 9.94. The van der Waals surface area contributed by atoms with Gasteiger partial charge in [0.1, 0.15) is 23.3 Å². The number of phenolic OH excluding ortho intramolecular Hbond substituents is 1. The van der Waals surface area contributed by atoms with Gasteiger partial charge in [-0.15, -0.1) is 0 Å². The second kappa shape index (κ2) is 14.2. The van der Waals surface area contributed by atoms with Gasteiger partial charge in [-0.25, -0.2) is 13.6 Å². The predicted molar refractivity (Wildman–Crippen MR) is 148 cm³/mol. The molecule has 226 valence electrons. The maximum absolute atomic E-state index is 14.2. The number of carbonyl (C=O) groups excluding carboxylic acids is 5. The lowest BCUT2D eigenvalue weighted by molar-refractivity contribution is -0.138. The molecule has 3 atom stereocenters. The molecular weight excluding hydrogens is 556 g/mol. The van der Waals surface area contributed by atoms with Crippen molar-refractivity contribution in [2.24, 2.45) is 11.8 Å². The molecule has 0 saturated carbocycles. The van der Waals surface area contributed by atoms with E-state index in [4.69, 9.17) is 4.74 Å². The molecule has 14 heteroatoms. The lowest BCUT2D eigenvalue weighted by Gasteiger charge is -2.25. The number of phenols is 1. The Morgan fingerprint density at radius 3 is 2.45 bits per heavy atom. The van der Waals surface area contributed by atoms with E-state index in [9.17, 15) is 37.9 Å². The number of urea groups is 1. The third kappa shape index (κ3) is 8.38. The van der Waals surface area contributed by atoms with E-state index in [2.05, 4.69) is 21.3 Å². The van der Waals surface area contributed by atoms with Crippen molar-refractivity contribution in [2.45, 2.75) is 45.2 Å². The summed E-state index contributed by atoms with van der Waals surface area (Å²) in [5.74, 6) is -7.11. The van der Waals surface area contributed by atoms with Gasteiger partial charge < -0.3 is 36.4 Å². The van der Waals surface area contributed by atoms with Gasteiger partial charge in [-0.2, -0.15) is 0 Å². The Balaban J connectivity index is 1.78. The SMILES string of the molecule is COc1cccc(NC(=O)C(=O)[C@H](C[C@@H]2CCNC2=O)NC(=O)[C@H](CC(C)C)NC(=O)Nc2c(F)ccc(O)c2F)c1. The van der Waals surface area contributed by atoms with Crippen LogP contribution in [0.2, 0.25) is 0 Å². The first kappa shape index (κ1) is 31.8. The minimum Gasteiger partial charge on any atom is -0.505 e. The van der Waals surface area contributed by atoms with Gasteiger partial charge in [0.05, 0.1) is 13.2 Å². The summed E-state index contributed by atoms with van der Waals surface area (Å²) in [5, 5.41) is 21.3. The van der Waals surface area contributed by atoms with E-state index in [0.29, 0.717) is 18.7 Å². The number of carbonyl (C=O) groups is 5. The third-order valence-corrected chi connectivity index (χ3v) is 6.51. The summed E-state index contributed by atoms with van der Waals surface area (Å²) < 4.78 is 33.3. The van der Waals surface area contributed by atoms with Crippen LogP contribution in [0.1, 0.15) is 33.1 Å². The van der Waals surface area contributed by atoms with Crippen LogP contribution in [-0.4, -0.2) is 60.4 Å². The fourth-order valence-electron chi connectivity index (χ4n) is 4.38. The van der Waals surface area contributed by atoms with E-state index in [1.54, 1.807) is 26.0 Å². The quantitative estimate of drug-likeness (QED) is 0.206. The number of nitrogens with one attached hydrogen (secondary N) is 5. The van der Waals surface area contributed by atoms with E-state index in [-0.39, 0.29) is 30.4 Å². The molecule has 5 amide bonds. The number of methoxy groups -OCH3 is 1. The molecule has 0 spiro atoms. The highest BCUT2D eigenvalue weighted by atomic mass is 19.1. The monoisotopic (exact) mass is 589 g/mol. The van der Waals surface area contributed by atoms with Gasteiger partial charge in [0.25, 0.3) is 5.91 Å². The Morgan fingerprint density at radius 1 is 1.07 bits per heavy atom. The molecule has 2 aromatic rings. The Labute approximate surface area is 240 Å². The summed E-state index contributed by atoms with van der Waals surface area (Å²) in [6, 6.07) is 3.89. The molecule has 3 rings (SSSR count). The zero-order valence-electron chi connectivity index (χ0n) is 23.3. The van der Waals surface area contributed by atoms with Crippen LogP contribution < -0.4 is 31.3 Å². The van der Waals surface area contributed by atoms with Gasteiger partial charge in [0, 0.05) is 24.2 Å². The minimum atomic E-state index is -1.43. The Bertz CT molecular complexity index is 1350. The van der Waals surface area contributed by atoms with Gasteiger partial charge in [0.2, 0.25) is 17.6 Å². The molecular formula is C28H33F2N5O7. The van der Waals surface area contributed by atoms with Gasteiger partial charge in [-0.05, 0) is 49.4 Å². The van der Waals surface area contributed by atoms with Crippen LogP contribution in [-0.2, 0) is 19.2 Å². The molecule has 1 aliphatic heterocycles. The predicted octanol–water partition coefficient (Wildman–Crippen LogP) is 2.43. The lowest BCUT2D eigenvalue weighted by Crippen LogP contribution is -2.54. The van der Waals surface area contributed by atoms with Crippen molar-refractivity contribution in [1.29, 1.82) is 0 Å². The molecule has 0 aliphatic carbocycles. The Kier molecular flexibility index (Phi) is 10.8. The molecule has 42 heavy (non-hydrogen) atoms. The van der Waals surface area contributed by atoms with Crippen molar-refractivity contribution in [2.75, 3.05) is 24.3 Å². The zero-order chi connectivity index (χ0) is 31.0. The van der Waals surface area contributed by atoms with Crippen molar-refractivity contribution in [3.8, 4) is 11.5 Å². The number of amides is 5. The van der Waals surface area contributed by atoms with E-state index in [1.807, 2.05) is 5.32 Å². The highest BCUT2D eigenvalue weighted by molar-refractivity contribution is 6.42. The number of hydrogen-bond donors (Lipinski definition) is 6. The summed E-state index contributed by atoms with van der Waals surface area (Å²) in [6.07, 6.45) is 0.250. The number of aromatic hydroxyl groups is 1. The summed E-state index contributed by atoms with van der Waals surface area (Å²) in [4.78, 5) is 64.3. The number of hydrogen-bond acceptors (Lipinski definition) is 7. The highest BCUT2D eigenvalue weighted by Crippen LogP contribution is 2.26. The van der Waals surface area contributed by atoms with Crippen molar-refractivity contribution in [1.82, 2.24) is 16.0 Å². The average molecular weight is 590 g/mol. The molecule has 1 fully saturated rings. The van der Waals surface area contributed by atoms with Gasteiger partial charge in [-0.3, -0.25) is 19.2 Å². The number of ketones is 1. The molecule has 12 nitrogen and oxygen atoms in total. The summed E-state index contributed by atoms with van der Waals surface area (Å²) >= 11 is 0. The number of ether oxygens (including phenoxy) is 1. The second-order valence-electron chi connectivity index (χ2n) is 10.2. The van der Waals surface area contributed by atoms with Crippen LogP contribution in [0, 0.1) is 23.5 Å². The van der Waals surface area contributed by atoms with Crippen LogP contribution >= 0.6 is 0 Å². The average Bonchev–Trinajstić information content (AvgIpc) is 3.35. The number of benzene rings is 2. The number of Topliss-reactive ketones (excluding diaryl/α,β-unsaturated/α-hetero) is 1. The van der Waals surface area contributed by atoms with Crippen LogP contribution in [0.15, 0.2) is 36.4 Å². The van der Waals surface area contributed by atoms with Crippen molar-refractivity contribution >= 4 is 40.9 Å². The third-order valence-electron chi connectivity index (χ3n) is 6.51. The fourth-order valence-corrected chi connectivity index (χ4v) is 4.38. The number of anilines is 2. The van der Waals surface area contributed by atoms with E-state index < -0.39 is 64.7 Å². The van der Waals surface area contributed by atoms with Crippen LogP contribution in [0.3, 0.4) is 0 Å². The minimum absolute atomic E-state index is 0.0467. The second-order valence-corrected chi connectivity index (χ2v) is 10.2. The Hall–Kier alpha value is -4.75. The van der Waals surface area contributed by atoms with Crippen molar-refractivity contribution in [3.05, 3.63) is 48.0 Å². The number of halogens is 2. The molecule has 2 aromatic carbocycles. The maximum Gasteiger partial charge on any atom is 0.320 e. The van der Waals surface area contributed by atoms with Gasteiger partial charge in [0.15, 0.2) is 11.6 Å². The largest absolute Gasteiger partial charge is 0.505 e. The molecule has 0 radical (unpaired) electrons. The maximum atomic E-state index is 14.2. The molecule has 1 aliphatic rings. The van der Waals surface area contributed by atoms with E-state index in [1.165, 1.54) is 19.2 Å². The first-order chi connectivity index (χ1) is 19.9. The molecule has 0 unspecified atom stereocenters. The van der Waals surface area contributed by atoms with Crippen LogP contribution in [0.25, 0.3) is 0 Å². The topological polar surface area (TPSA) is 175 Å². The van der Waals surface area contributed by atoms with Gasteiger partial charge in [-0.1, -0.05) is 19.9 Å². The first-order valence-electron chi connectivity index (χ1n) is 13.2. The highest BCUT2D eigenvalue weighted by Gasteiger charge is 2.36. The molecule has 0 bridgehead atoms. The summed E-state index contributed by atoms with van der Waals surface area (Å²) in [6.45, 7) is 3.87. The zero-order valence-corrected chi connectivity index (χ0v) is 23.3. The normalized spacial score (nSPS) is 15.8. The van der Waals surface area contributed by atoms with Crippen molar-refractivity contribution in [3.63, 3.8) is 0 Å². The smallest absolute Gasteiger partial charge is 0.320 e. The Morgan fingerprint density at radius 2 is 1.81 bits per heavy atom. The molecule has 6 N–H and O–H groups in total. The van der Waals surface area contributed by atoms with Crippen molar-refractivity contribution < 1.29 is 42.6 Å². The molecule has 0 aromatic heterocycles. The van der Waals surface area contributed by atoms with E-state index in [0.717, 1.165) is 12.1 Å². The standard InChI is InChI=1S/C28H33F2N5O7/c1-14(2)11-20(34-28(41)35-23-18(29)7-8-21(36)22(23)30)26(39)33-19(12-15-9-10-31-25(15)38)24(37)27(40)32-16-5-4-6-17(13-16)42-3/h4-8,13-15,19-20,36H,9-12H2,1-3H3,(H,31,38)(H,32,40)(H,33,39)(H2,34,35,41)/t15-,19-,20-/m0/s1. The van der Waals surface area contributed by atoms with Crippen LogP contribution in [0.5, 0.6) is 11.5 Å². The fraction of sp³-hybridized carbons (Fsp3) is 0.393.